The maximum absolute atomic E-state index is 12.6. The van der Waals surface area contributed by atoms with Crippen molar-refractivity contribution in [3.63, 3.8) is 0 Å². The molecule has 3 aliphatic heterocycles. The van der Waals surface area contributed by atoms with Gasteiger partial charge in [0.05, 0.1) is 48.8 Å². The van der Waals surface area contributed by atoms with E-state index in [0.29, 0.717) is 6.42 Å². The normalized spacial score (nSPS) is 43.4. The molecule has 13 atom stereocenters. The molecular weight excluding hydrogens is 618 g/mol. The van der Waals surface area contributed by atoms with E-state index in [2.05, 4.69) is 0 Å². The van der Waals surface area contributed by atoms with Gasteiger partial charge in [0.2, 0.25) is 0 Å². The molecule has 0 aliphatic carbocycles. The van der Waals surface area contributed by atoms with E-state index < -0.39 is 97.3 Å². The van der Waals surface area contributed by atoms with Gasteiger partial charge in [0, 0.05) is 38.2 Å². The summed E-state index contributed by atoms with van der Waals surface area (Å²) < 4.78 is 22.2. The number of aliphatic carboxylic acids is 1. The number of carboxylic acids is 1. The number of hydrogen-bond acceptors (Lipinski definition) is 13. The number of epoxide rings is 1. The van der Waals surface area contributed by atoms with E-state index in [-0.39, 0.29) is 25.4 Å². The summed E-state index contributed by atoms with van der Waals surface area (Å²) in [6.45, 7) is 3.29. The minimum Gasteiger partial charge on any atom is -0.481 e. The number of aliphatic hydroxyl groups excluding tert-OH is 5. The number of carbonyl (C=O) groups excluding carboxylic acids is 2. The van der Waals surface area contributed by atoms with Gasteiger partial charge in [-0.25, -0.2) is 4.79 Å². The van der Waals surface area contributed by atoms with Gasteiger partial charge in [-0.3, -0.25) is 9.59 Å². The van der Waals surface area contributed by atoms with E-state index in [1.165, 1.54) is 25.2 Å². The van der Waals surface area contributed by atoms with Crippen LogP contribution in [0.4, 0.5) is 0 Å². The highest BCUT2D eigenvalue weighted by Crippen LogP contribution is 2.29. The molecule has 0 aromatic rings. The van der Waals surface area contributed by atoms with Crippen LogP contribution in [0.15, 0.2) is 60.8 Å². The highest BCUT2D eigenvalue weighted by Gasteiger charge is 2.43. The Hall–Kier alpha value is -3.05. The highest BCUT2D eigenvalue weighted by molar-refractivity contribution is 5.82. The first kappa shape index (κ1) is 38.4. The molecule has 3 aliphatic rings. The number of esters is 1. The summed E-state index contributed by atoms with van der Waals surface area (Å²) in [4.78, 5) is 36.9. The quantitative estimate of drug-likeness (QED) is 0.155. The Bertz CT molecular complexity index is 1200. The molecular formula is C33H47NO13. The Morgan fingerprint density at radius 2 is 1.55 bits per heavy atom. The van der Waals surface area contributed by atoms with Crippen LogP contribution >= 0.6 is 0 Å². The Balaban J connectivity index is 1.79. The van der Waals surface area contributed by atoms with E-state index in [0.717, 1.165) is 0 Å². The molecule has 14 heteroatoms. The molecule has 2 fully saturated rings. The fourth-order valence-corrected chi connectivity index (χ4v) is 5.33. The van der Waals surface area contributed by atoms with Gasteiger partial charge in [-0.15, -0.1) is 0 Å². The Morgan fingerprint density at radius 3 is 2.26 bits per heavy atom. The Kier molecular flexibility index (Phi) is 15.1. The third-order valence-electron chi connectivity index (χ3n) is 8.05. The van der Waals surface area contributed by atoms with Gasteiger partial charge in [-0.05, 0) is 19.9 Å². The van der Waals surface area contributed by atoms with Gasteiger partial charge in [-0.1, -0.05) is 48.6 Å². The topological polar surface area (TPSA) is 239 Å². The number of ketones is 1. The average Bonchev–Trinajstić information content (AvgIpc) is 3.72. The van der Waals surface area contributed by atoms with Gasteiger partial charge in [0.1, 0.15) is 30.0 Å². The molecule has 0 aromatic heterocycles. The molecule has 0 amide bonds. The van der Waals surface area contributed by atoms with Gasteiger partial charge >= 0.3 is 11.9 Å². The van der Waals surface area contributed by atoms with Crippen molar-refractivity contribution >= 4 is 17.7 Å². The van der Waals surface area contributed by atoms with Crippen molar-refractivity contribution in [1.29, 1.82) is 0 Å². The minimum absolute atomic E-state index is 0.0692. The number of aliphatic hydroxyl groups is 5. The number of fused-ring (bicyclic) bond motifs is 1. The number of rotatable bonds is 3. The van der Waals surface area contributed by atoms with Crippen molar-refractivity contribution in [2.24, 2.45) is 11.7 Å². The zero-order valence-electron chi connectivity index (χ0n) is 26.4. The summed E-state index contributed by atoms with van der Waals surface area (Å²) >= 11 is 0. The van der Waals surface area contributed by atoms with Crippen LogP contribution in [0.1, 0.15) is 46.0 Å². The Labute approximate surface area is 273 Å². The largest absolute Gasteiger partial charge is 0.481 e. The molecule has 14 nitrogen and oxygen atoms in total. The number of ether oxygens (including phenoxy) is 4. The molecule has 3 rings (SSSR count). The van der Waals surface area contributed by atoms with Crippen LogP contribution in [0.3, 0.4) is 0 Å². The second kappa shape index (κ2) is 18.5. The van der Waals surface area contributed by atoms with Gasteiger partial charge in [0.25, 0.3) is 0 Å². The van der Waals surface area contributed by atoms with Crippen LogP contribution in [0, 0.1) is 5.92 Å². The summed E-state index contributed by atoms with van der Waals surface area (Å²) in [6, 6.07) is -1.10. The maximum Gasteiger partial charge on any atom is 0.330 e. The third-order valence-corrected chi connectivity index (χ3v) is 8.05. The van der Waals surface area contributed by atoms with Crippen molar-refractivity contribution < 1.29 is 64.0 Å². The van der Waals surface area contributed by atoms with E-state index in [9.17, 15) is 45.0 Å². The molecule has 0 saturated carbocycles. The molecule has 0 spiro atoms. The smallest absolute Gasteiger partial charge is 0.330 e. The summed E-state index contributed by atoms with van der Waals surface area (Å²) in [6.07, 6.45) is 3.57. The van der Waals surface area contributed by atoms with Crippen LogP contribution in [-0.2, 0) is 33.3 Å². The monoisotopic (exact) mass is 665 g/mol. The number of carbonyl (C=O) groups is 3. The van der Waals surface area contributed by atoms with Crippen LogP contribution in [0.5, 0.6) is 0 Å². The van der Waals surface area contributed by atoms with Crippen molar-refractivity contribution in [3.8, 4) is 0 Å². The fourth-order valence-electron chi connectivity index (χ4n) is 5.33. The van der Waals surface area contributed by atoms with Crippen LogP contribution in [-0.4, -0.2) is 122 Å². The van der Waals surface area contributed by atoms with E-state index in [4.69, 9.17) is 24.7 Å². The molecule has 0 bridgehead atoms. The lowest BCUT2D eigenvalue weighted by Gasteiger charge is -2.41. The summed E-state index contributed by atoms with van der Waals surface area (Å²) in [5, 5.41) is 62.6. The standard InChI is InChI=1S/C33H47NO13/c1-18-10-8-6-4-3-5-7-9-11-22(46-33-31(41)29(34)30(40)19(2)45-33)17-24(38)28(32(42)43)23(37)15-20(35)14-21(36)16-26-25(47-26)12-13-27(39)44-18/h3-9,11-13,18-19,21-26,28-31,33,36-38,40-41H,10,14-17,34H2,1-2H3,(H,42,43)/b4-3+,7-5+,8-6+,11-9+,13-12+/t18-,19-,21+,22+,23-,24+,25+,26-,28-,29+,30-,31+,33+/m1/s1. The average molecular weight is 666 g/mol. The highest BCUT2D eigenvalue weighted by atomic mass is 16.7. The lowest BCUT2D eigenvalue weighted by Crippen LogP contribution is -2.61. The zero-order chi connectivity index (χ0) is 34.7. The van der Waals surface area contributed by atoms with Crippen LogP contribution in [0.25, 0.3) is 0 Å². The van der Waals surface area contributed by atoms with E-state index in [1.54, 1.807) is 43.4 Å². The predicted molar refractivity (Wildman–Crippen MR) is 166 cm³/mol. The van der Waals surface area contributed by atoms with Crippen LogP contribution in [0.2, 0.25) is 0 Å². The van der Waals surface area contributed by atoms with Crippen LogP contribution < -0.4 is 5.73 Å². The number of hydrogen-bond donors (Lipinski definition) is 7. The number of nitrogens with two attached hydrogens (primary N) is 1. The Morgan fingerprint density at radius 1 is 0.872 bits per heavy atom. The van der Waals surface area contributed by atoms with Crippen molar-refractivity contribution in [3.05, 3.63) is 60.8 Å². The summed E-state index contributed by atoms with van der Waals surface area (Å²) in [5.41, 5.74) is 5.91. The molecule has 47 heavy (non-hydrogen) atoms. The fraction of sp³-hybridized carbons (Fsp3) is 0.606. The third kappa shape index (κ3) is 12.5. The molecule has 262 valence electrons. The molecule has 0 radical (unpaired) electrons. The molecule has 3 heterocycles. The van der Waals surface area contributed by atoms with E-state index >= 15 is 0 Å². The molecule has 8 N–H and O–H groups in total. The second-order valence-electron chi connectivity index (χ2n) is 12.1. The van der Waals surface area contributed by atoms with Crippen molar-refractivity contribution in [2.45, 2.75) is 119 Å². The summed E-state index contributed by atoms with van der Waals surface area (Å²) in [5.74, 6) is -4.54. The predicted octanol–water partition coefficient (Wildman–Crippen LogP) is -0.0377. The molecule has 2 saturated heterocycles. The number of cyclic esters (lactones) is 1. The van der Waals surface area contributed by atoms with Gasteiger partial charge < -0.3 is 55.3 Å². The SMILES string of the molecule is C[C@@H]1C/C=C/C=C/C=C/C=C/[C@H](O[C@@H]2O[C@H](C)[C@@H](O)[C@H](N)[C@@H]2O)C[C@H](O)[C@H](C(=O)O)[C@H](O)CC(=O)C[C@H](O)C[C@H]2O[C@H]2/C=C/C(=O)O1. The lowest BCUT2D eigenvalue weighted by molar-refractivity contribution is -0.277. The zero-order valence-corrected chi connectivity index (χ0v) is 26.4. The minimum atomic E-state index is -1.80. The molecule has 0 aromatic carbocycles. The first-order chi connectivity index (χ1) is 22.3. The van der Waals surface area contributed by atoms with Gasteiger partial charge in [0.15, 0.2) is 6.29 Å². The van der Waals surface area contributed by atoms with Crippen molar-refractivity contribution in [2.75, 3.05) is 0 Å². The maximum atomic E-state index is 12.6. The van der Waals surface area contributed by atoms with E-state index in [1.807, 2.05) is 6.08 Å². The summed E-state index contributed by atoms with van der Waals surface area (Å²) in [7, 11) is 0. The first-order valence-corrected chi connectivity index (χ1v) is 15.7. The number of allylic oxidation sites excluding steroid dienone is 6. The van der Waals surface area contributed by atoms with Gasteiger partial charge in [-0.2, -0.15) is 0 Å². The first-order valence-electron chi connectivity index (χ1n) is 15.7. The number of carboxylic acid groups (broad SMARTS) is 1. The number of Topliss-reactive ketones (excluding diaryl/α,β-unsaturated/α-hetero) is 1. The second-order valence-corrected chi connectivity index (χ2v) is 12.1. The van der Waals surface area contributed by atoms with Crippen molar-refractivity contribution in [1.82, 2.24) is 0 Å². The molecule has 0 unspecified atom stereocenters. The lowest BCUT2D eigenvalue weighted by atomic mass is 9.88.